The minimum Gasteiger partial charge on any atom is -0.240 e. The van der Waals surface area contributed by atoms with Gasteiger partial charge in [0.15, 0.2) is 11.7 Å². The first kappa shape index (κ1) is 13.3. The fourth-order valence-electron chi connectivity index (χ4n) is 1.46. The second-order valence-electron chi connectivity index (χ2n) is 3.77. The molecule has 92 valence electrons. The molecule has 0 bridgehead atoms. The third-order valence-corrected chi connectivity index (χ3v) is 2.10. The van der Waals surface area contributed by atoms with E-state index in [0.29, 0.717) is 17.2 Å². The Labute approximate surface area is 98.5 Å². The molecule has 1 aromatic heterocycles. The van der Waals surface area contributed by atoms with Crippen LogP contribution < -0.4 is 0 Å². The average molecular weight is 240 g/mol. The molecule has 0 radical (unpaired) electrons. The Kier molecular flexibility index (Phi) is 4.37. The lowest BCUT2D eigenvalue weighted by Crippen LogP contribution is -2.09. The molecule has 0 atom stereocenters. The van der Waals surface area contributed by atoms with E-state index in [1.165, 1.54) is 6.92 Å². The normalized spacial score (nSPS) is 13.1. The van der Waals surface area contributed by atoms with Crippen molar-refractivity contribution in [2.24, 2.45) is 10.2 Å². The molecule has 1 aromatic rings. The van der Waals surface area contributed by atoms with E-state index in [-0.39, 0.29) is 18.0 Å². The number of rotatable bonds is 2. The Morgan fingerprint density at radius 2 is 1.88 bits per heavy atom. The molecule has 0 fully saturated rings. The fraction of sp³-hybridized carbons (Fsp3) is 0.455. The van der Waals surface area contributed by atoms with Gasteiger partial charge in [-0.05, 0) is 27.7 Å². The summed E-state index contributed by atoms with van der Waals surface area (Å²) in [5.74, 6) is 0.0629. The molecular weight excluding hydrogens is 226 g/mol. The molecule has 0 spiro atoms. The Morgan fingerprint density at radius 1 is 1.24 bits per heavy atom. The quantitative estimate of drug-likeness (QED) is 0.589. The summed E-state index contributed by atoms with van der Waals surface area (Å²) in [5, 5.41) is 2.43. The van der Waals surface area contributed by atoms with Crippen LogP contribution in [0.5, 0.6) is 0 Å². The third kappa shape index (κ3) is 3.65. The molecule has 17 heavy (non-hydrogen) atoms. The van der Waals surface area contributed by atoms with Gasteiger partial charge in [-0.25, -0.2) is 19.4 Å². The van der Waals surface area contributed by atoms with Gasteiger partial charge in [0, 0.05) is 12.1 Å². The van der Waals surface area contributed by atoms with Crippen molar-refractivity contribution in [3.63, 3.8) is 0 Å². The van der Waals surface area contributed by atoms with Crippen LogP contribution in [0.15, 0.2) is 10.2 Å². The lowest BCUT2D eigenvalue weighted by atomic mass is 10.2. The van der Waals surface area contributed by atoms with Crippen molar-refractivity contribution in [1.82, 2.24) is 9.97 Å². The van der Waals surface area contributed by atoms with Gasteiger partial charge in [0.05, 0.1) is 11.4 Å². The molecule has 6 heteroatoms. The second kappa shape index (κ2) is 5.56. The zero-order valence-electron chi connectivity index (χ0n) is 10.3. The van der Waals surface area contributed by atoms with Crippen LogP contribution in [0.2, 0.25) is 0 Å². The van der Waals surface area contributed by atoms with E-state index in [4.69, 9.17) is 0 Å². The van der Waals surface area contributed by atoms with E-state index in [1.54, 1.807) is 20.8 Å². The summed E-state index contributed by atoms with van der Waals surface area (Å²) in [6, 6.07) is 0. The fourth-order valence-corrected chi connectivity index (χ4v) is 1.46. The summed E-state index contributed by atoms with van der Waals surface area (Å²) in [6.07, 6.45) is 0.211. The lowest BCUT2D eigenvalue weighted by molar-refractivity contribution is 0.535. The Balaban J connectivity index is 3.00. The van der Waals surface area contributed by atoms with Crippen molar-refractivity contribution in [3.05, 3.63) is 23.0 Å². The molecular formula is C11H14F2N4. The number of hydrogen-bond donors (Lipinski definition) is 0. The molecule has 0 aliphatic carbocycles. The van der Waals surface area contributed by atoms with Gasteiger partial charge >= 0.3 is 0 Å². The molecule has 1 rings (SSSR count). The SMILES string of the molecule is CC(Cc1nc(C)nc(C)c1F)=NC(C)=NF. The minimum absolute atomic E-state index is 0.00501. The van der Waals surface area contributed by atoms with Crippen LogP contribution in [0.1, 0.15) is 31.1 Å². The highest BCUT2D eigenvalue weighted by Gasteiger charge is 2.10. The van der Waals surface area contributed by atoms with E-state index in [9.17, 15) is 8.87 Å². The molecule has 0 amide bonds. The number of hydrogen-bond acceptors (Lipinski definition) is 3. The lowest BCUT2D eigenvalue weighted by Gasteiger charge is -2.05. The van der Waals surface area contributed by atoms with Crippen molar-refractivity contribution in [1.29, 1.82) is 0 Å². The molecule has 0 aromatic carbocycles. The second-order valence-corrected chi connectivity index (χ2v) is 3.77. The van der Waals surface area contributed by atoms with E-state index in [2.05, 4.69) is 20.2 Å². The topological polar surface area (TPSA) is 50.5 Å². The highest BCUT2D eigenvalue weighted by molar-refractivity contribution is 5.96. The summed E-state index contributed by atoms with van der Waals surface area (Å²) in [5.41, 5.74) is 1.11. The summed E-state index contributed by atoms with van der Waals surface area (Å²) >= 11 is 0. The molecule has 0 saturated heterocycles. The van der Waals surface area contributed by atoms with Crippen LogP contribution in [0.4, 0.5) is 8.87 Å². The average Bonchev–Trinajstić information content (AvgIpc) is 2.24. The van der Waals surface area contributed by atoms with Crippen molar-refractivity contribution >= 4 is 11.5 Å². The summed E-state index contributed by atoms with van der Waals surface area (Å²) in [6.45, 7) is 6.36. The largest absolute Gasteiger partial charge is 0.240 e. The number of amidine groups is 1. The van der Waals surface area contributed by atoms with Crippen molar-refractivity contribution in [3.8, 4) is 0 Å². The Morgan fingerprint density at radius 3 is 2.47 bits per heavy atom. The van der Waals surface area contributed by atoms with Gasteiger partial charge < -0.3 is 0 Å². The van der Waals surface area contributed by atoms with Gasteiger partial charge in [-0.3, -0.25) is 0 Å². The van der Waals surface area contributed by atoms with Crippen LogP contribution in [-0.2, 0) is 6.42 Å². The highest BCUT2D eigenvalue weighted by Crippen LogP contribution is 2.09. The maximum Gasteiger partial charge on any atom is 0.166 e. The molecule has 0 aliphatic heterocycles. The summed E-state index contributed by atoms with van der Waals surface area (Å²) in [7, 11) is 0. The van der Waals surface area contributed by atoms with Crippen LogP contribution in [0, 0.1) is 19.7 Å². The maximum atomic E-state index is 13.7. The maximum absolute atomic E-state index is 13.7. The zero-order chi connectivity index (χ0) is 13.0. The summed E-state index contributed by atoms with van der Waals surface area (Å²) in [4.78, 5) is 11.8. The van der Waals surface area contributed by atoms with E-state index in [0.717, 1.165) is 0 Å². The van der Waals surface area contributed by atoms with Crippen LogP contribution >= 0.6 is 0 Å². The molecule has 4 nitrogen and oxygen atoms in total. The van der Waals surface area contributed by atoms with Crippen molar-refractivity contribution < 1.29 is 8.87 Å². The minimum atomic E-state index is -0.444. The number of aliphatic imine (C=N–C) groups is 1. The molecule has 1 heterocycles. The van der Waals surface area contributed by atoms with E-state index < -0.39 is 5.82 Å². The predicted octanol–water partition coefficient (Wildman–Crippen LogP) is 2.54. The molecule has 0 aliphatic rings. The van der Waals surface area contributed by atoms with Crippen LogP contribution in [0.25, 0.3) is 0 Å². The molecule has 0 saturated carbocycles. The highest BCUT2D eigenvalue weighted by atomic mass is 19.2. The first-order valence-corrected chi connectivity index (χ1v) is 5.13. The van der Waals surface area contributed by atoms with Gasteiger partial charge in [0.2, 0.25) is 0 Å². The van der Waals surface area contributed by atoms with Crippen molar-refractivity contribution in [2.45, 2.75) is 34.1 Å². The Hall–Kier alpha value is -1.72. The summed E-state index contributed by atoms with van der Waals surface area (Å²) < 4.78 is 25.6. The number of aryl methyl sites for hydroxylation is 2. The van der Waals surface area contributed by atoms with Crippen LogP contribution in [-0.4, -0.2) is 21.5 Å². The molecule has 0 unspecified atom stereocenters. The molecule has 0 N–H and O–H groups in total. The van der Waals surface area contributed by atoms with Gasteiger partial charge in [-0.1, -0.05) is 9.70 Å². The van der Waals surface area contributed by atoms with Gasteiger partial charge in [-0.15, -0.1) is 0 Å². The van der Waals surface area contributed by atoms with Crippen LogP contribution in [0.3, 0.4) is 0 Å². The third-order valence-electron chi connectivity index (χ3n) is 2.10. The zero-order valence-corrected chi connectivity index (χ0v) is 10.3. The van der Waals surface area contributed by atoms with E-state index in [1.807, 2.05) is 0 Å². The van der Waals surface area contributed by atoms with Gasteiger partial charge in [0.1, 0.15) is 5.82 Å². The smallest absolute Gasteiger partial charge is 0.166 e. The number of nitrogens with zero attached hydrogens (tertiary/aromatic N) is 4. The predicted molar refractivity (Wildman–Crippen MR) is 62.5 cm³/mol. The van der Waals surface area contributed by atoms with Crippen molar-refractivity contribution in [2.75, 3.05) is 0 Å². The number of aromatic nitrogens is 2. The van der Waals surface area contributed by atoms with Gasteiger partial charge in [0.25, 0.3) is 0 Å². The van der Waals surface area contributed by atoms with Gasteiger partial charge in [-0.2, -0.15) is 0 Å². The standard InChI is InChI=1S/C11H14F2N4/c1-6(14-9(4)17-13)5-10-11(12)7(2)15-8(3)16-10/h5H2,1-4H3. The number of halogens is 2. The van der Waals surface area contributed by atoms with E-state index >= 15 is 0 Å². The monoisotopic (exact) mass is 240 g/mol. The first-order valence-electron chi connectivity index (χ1n) is 5.13. The first-order chi connectivity index (χ1) is 7.93. The Bertz CT molecular complexity index is 481.